The van der Waals surface area contributed by atoms with Crippen molar-refractivity contribution in [1.29, 1.82) is 0 Å². The molecule has 0 radical (unpaired) electrons. The number of nitrogen functional groups attached to an aromatic ring is 1. The fourth-order valence-corrected chi connectivity index (χ4v) is 4.28. The van der Waals surface area contributed by atoms with E-state index in [9.17, 15) is 4.79 Å². The van der Waals surface area contributed by atoms with Crippen LogP contribution in [0, 0.1) is 0 Å². The molecule has 0 aliphatic rings. The highest BCUT2D eigenvalue weighted by atomic mass is 32.1. The van der Waals surface area contributed by atoms with Crippen molar-refractivity contribution in [2.24, 2.45) is 0 Å². The number of benzene rings is 1. The number of nitrogens with two attached hydrogens (primary N) is 1. The lowest BCUT2D eigenvalue weighted by molar-refractivity contribution is -0.118. The molecular weight excluding hydrogens is 368 g/mol. The van der Waals surface area contributed by atoms with Crippen LogP contribution in [0.4, 0.5) is 5.82 Å². The monoisotopic (exact) mass is 388 g/mol. The van der Waals surface area contributed by atoms with Crippen LogP contribution in [-0.2, 0) is 11.2 Å². The quantitative estimate of drug-likeness (QED) is 0.507. The van der Waals surface area contributed by atoms with Gasteiger partial charge in [-0.1, -0.05) is 13.0 Å². The Kier molecular flexibility index (Phi) is 5.12. The molecule has 2 N–H and O–H groups in total. The van der Waals surface area contributed by atoms with E-state index in [4.69, 9.17) is 10.7 Å². The third-order valence-electron chi connectivity index (χ3n) is 4.50. The molecule has 0 fully saturated rings. The van der Waals surface area contributed by atoms with Gasteiger partial charge in [-0.15, -0.1) is 11.3 Å². The van der Waals surface area contributed by atoms with Crippen molar-refractivity contribution >= 4 is 33.2 Å². The van der Waals surface area contributed by atoms with Gasteiger partial charge in [0.25, 0.3) is 0 Å². The Balaban J connectivity index is 1.86. The zero-order chi connectivity index (χ0) is 19.5. The molecule has 0 saturated carbocycles. The highest BCUT2D eigenvalue weighted by Gasteiger charge is 2.15. The fourth-order valence-electron chi connectivity index (χ4n) is 3.17. The third-order valence-corrected chi connectivity index (χ3v) is 5.61. The van der Waals surface area contributed by atoms with Crippen molar-refractivity contribution in [3.05, 3.63) is 60.0 Å². The molecule has 0 bridgehead atoms. The molecule has 1 aromatic carbocycles. The van der Waals surface area contributed by atoms with Crippen molar-refractivity contribution in [1.82, 2.24) is 15.0 Å². The van der Waals surface area contributed by atoms with Gasteiger partial charge >= 0.3 is 0 Å². The number of hydrogen-bond acceptors (Lipinski definition) is 6. The Morgan fingerprint density at radius 1 is 1.11 bits per heavy atom. The third kappa shape index (κ3) is 3.77. The molecule has 140 valence electrons. The molecule has 6 heteroatoms. The Morgan fingerprint density at radius 3 is 2.71 bits per heavy atom. The summed E-state index contributed by atoms with van der Waals surface area (Å²) < 4.78 is 1.07. The molecular formula is C22H20N4OS. The number of anilines is 1. The number of carbonyl (C=O) groups excluding carboxylic acids is 1. The van der Waals surface area contributed by atoms with E-state index < -0.39 is 0 Å². The van der Waals surface area contributed by atoms with Crippen molar-refractivity contribution in [2.75, 3.05) is 5.73 Å². The number of carbonyl (C=O) groups is 1. The van der Waals surface area contributed by atoms with Crippen LogP contribution in [-0.4, -0.2) is 20.7 Å². The first-order valence-electron chi connectivity index (χ1n) is 9.21. The maximum absolute atomic E-state index is 12.1. The van der Waals surface area contributed by atoms with Gasteiger partial charge in [0.15, 0.2) is 0 Å². The van der Waals surface area contributed by atoms with Gasteiger partial charge in [-0.2, -0.15) is 0 Å². The van der Waals surface area contributed by atoms with Crippen LogP contribution in [0.2, 0.25) is 0 Å². The molecule has 4 rings (SSSR count). The number of hydrogen-bond donors (Lipinski definition) is 1. The van der Waals surface area contributed by atoms with E-state index >= 15 is 0 Å². The summed E-state index contributed by atoms with van der Waals surface area (Å²) in [7, 11) is 0. The lowest BCUT2D eigenvalue weighted by Crippen LogP contribution is -2.00. The minimum absolute atomic E-state index is 0.229. The van der Waals surface area contributed by atoms with Gasteiger partial charge in [-0.3, -0.25) is 9.78 Å². The van der Waals surface area contributed by atoms with Gasteiger partial charge in [-0.25, -0.2) is 9.97 Å². The minimum Gasteiger partial charge on any atom is -0.384 e. The maximum atomic E-state index is 12.1. The molecule has 4 aromatic rings. The second-order valence-electron chi connectivity index (χ2n) is 6.66. The van der Waals surface area contributed by atoms with Gasteiger partial charge in [0.1, 0.15) is 16.6 Å². The van der Waals surface area contributed by atoms with Crippen LogP contribution in [0.1, 0.15) is 24.8 Å². The largest absolute Gasteiger partial charge is 0.384 e. The topological polar surface area (TPSA) is 81.8 Å². The molecule has 0 atom stereocenters. The molecule has 0 unspecified atom stereocenters. The number of nitrogens with zero attached hydrogens (tertiary/aromatic N) is 3. The van der Waals surface area contributed by atoms with Crippen molar-refractivity contribution in [3.8, 4) is 22.3 Å². The number of ketones is 1. The average molecular weight is 388 g/mol. The first-order valence-corrected chi connectivity index (χ1v) is 10.0. The van der Waals surface area contributed by atoms with Gasteiger partial charge in [-0.05, 0) is 42.3 Å². The summed E-state index contributed by atoms with van der Waals surface area (Å²) in [5.41, 5.74) is 10.7. The van der Waals surface area contributed by atoms with E-state index in [1.54, 1.807) is 29.8 Å². The number of aromatic nitrogens is 3. The maximum Gasteiger partial charge on any atom is 0.139 e. The molecule has 3 heterocycles. The lowest BCUT2D eigenvalue weighted by atomic mass is 10.00. The molecule has 0 amide bonds. The Bertz CT molecular complexity index is 1120. The highest BCUT2D eigenvalue weighted by molar-refractivity contribution is 7.19. The predicted molar refractivity (Wildman–Crippen MR) is 114 cm³/mol. The first kappa shape index (κ1) is 18.3. The van der Waals surface area contributed by atoms with E-state index in [0.29, 0.717) is 18.7 Å². The summed E-state index contributed by atoms with van der Waals surface area (Å²) in [4.78, 5) is 25.3. The average Bonchev–Trinajstić information content (AvgIpc) is 3.10. The van der Waals surface area contributed by atoms with Crippen LogP contribution < -0.4 is 5.73 Å². The van der Waals surface area contributed by atoms with E-state index in [0.717, 1.165) is 43.9 Å². The van der Waals surface area contributed by atoms with E-state index in [1.807, 2.05) is 37.4 Å². The number of fused-ring (bicyclic) bond motifs is 1. The van der Waals surface area contributed by atoms with Crippen molar-refractivity contribution in [3.63, 3.8) is 0 Å². The predicted octanol–water partition coefficient (Wildman–Crippen LogP) is 4.91. The molecule has 0 saturated heterocycles. The summed E-state index contributed by atoms with van der Waals surface area (Å²) >= 11 is 1.58. The van der Waals surface area contributed by atoms with E-state index in [1.165, 1.54) is 0 Å². The summed E-state index contributed by atoms with van der Waals surface area (Å²) in [6, 6.07) is 11.9. The summed E-state index contributed by atoms with van der Waals surface area (Å²) in [6.07, 6.45) is 7.21. The standard InChI is InChI=1S/C22H20N4OS/c1-2-4-17(27)11-21-26-19-10-16(14-6-7-20(23)25-13-14)9-18(22(19)28-21)15-5-3-8-24-12-15/h3,5-10,12-13H,2,4,11H2,1H3,(H2,23,25). The van der Waals surface area contributed by atoms with Gasteiger partial charge in [0.2, 0.25) is 0 Å². The van der Waals surface area contributed by atoms with Gasteiger partial charge in [0, 0.05) is 41.7 Å². The van der Waals surface area contributed by atoms with Crippen molar-refractivity contribution < 1.29 is 4.79 Å². The first-order chi connectivity index (χ1) is 13.6. The molecule has 5 nitrogen and oxygen atoms in total. The summed E-state index contributed by atoms with van der Waals surface area (Å²) in [5.74, 6) is 0.718. The normalized spacial score (nSPS) is 11.0. The highest BCUT2D eigenvalue weighted by Crippen LogP contribution is 2.37. The SMILES string of the molecule is CCCC(=O)Cc1nc2cc(-c3ccc(N)nc3)cc(-c3cccnc3)c2s1. The number of Topliss-reactive ketones (excluding diaryl/α,β-unsaturated/α-hetero) is 1. The molecule has 3 aromatic heterocycles. The second kappa shape index (κ2) is 7.86. The smallest absolute Gasteiger partial charge is 0.139 e. The molecule has 0 aliphatic heterocycles. The van der Waals surface area contributed by atoms with Gasteiger partial charge in [0.05, 0.1) is 16.6 Å². The fraction of sp³-hybridized carbons (Fsp3) is 0.182. The summed E-state index contributed by atoms with van der Waals surface area (Å²) in [5, 5.41) is 0.853. The number of pyridine rings is 2. The van der Waals surface area contributed by atoms with Crippen LogP contribution in [0.3, 0.4) is 0 Å². The molecule has 28 heavy (non-hydrogen) atoms. The van der Waals surface area contributed by atoms with E-state index in [-0.39, 0.29) is 5.78 Å². The Labute approximate surface area is 167 Å². The Morgan fingerprint density at radius 2 is 2.00 bits per heavy atom. The number of rotatable bonds is 6. The van der Waals surface area contributed by atoms with Crippen molar-refractivity contribution in [2.45, 2.75) is 26.2 Å². The minimum atomic E-state index is 0.229. The second-order valence-corrected chi connectivity index (χ2v) is 7.74. The number of thiazole rings is 1. The summed E-state index contributed by atoms with van der Waals surface area (Å²) in [6.45, 7) is 2.02. The van der Waals surface area contributed by atoms with Gasteiger partial charge < -0.3 is 5.73 Å². The van der Waals surface area contributed by atoms with Crippen LogP contribution >= 0.6 is 11.3 Å². The molecule has 0 aliphatic carbocycles. The van der Waals surface area contributed by atoms with E-state index in [2.05, 4.69) is 16.0 Å². The molecule has 0 spiro atoms. The van der Waals surface area contributed by atoms with Crippen LogP contribution in [0.15, 0.2) is 55.0 Å². The lowest BCUT2D eigenvalue weighted by Gasteiger charge is -2.07. The van der Waals surface area contributed by atoms with Crippen LogP contribution in [0.5, 0.6) is 0 Å². The zero-order valence-corrected chi connectivity index (χ0v) is 16.4. The zero-order valence-electron chi connectivity index (χ0n) is 15.6. The van der Waals surface area contributed by atoms with Crippen LogP contribution in [0.25, 0.3) is 32.5 Å². The Hall–Kier alpha value is -3.12.